The zero-order valence-corrected chi connectivity index (χ0v) is 43.6. The summed E-state index contributed by atoms with van der Waals surface area (Å²) >= 11 is 0. The first kappa shape index (κ1) is 48.3. The van der Waals surface area contributed by atoms with Gasteiger partial charge in [-0.3, -0.25) is 9.59 Å². The number of amides is 4. The summed E-state index contributed by atoms with van der Waals surface area (Å²) < 4.78 is 9.89. The zero-order chi connectivity index (χ0) is 51.1. The average molecular weight is 999 g/mol. The Bertz CT molecular complexity index is 3180. The second-order valence-corrected chi connectivity index (χ2v) is 23.0. The standard InChI is InChI=1S/C60H70N8O6/c1-31(2)52(65-59(71)73-5)57(69)67-49-13-8-7-10-40(49)29-50(67)55-61-45-23-21-39(28-48(45)63-55)44-26-36-19-18-35(44)16-14-34-15-17-37(24-32(36)3)43(25-34)38-20-22-46-47(27-38)64-56(62-46)51-30-41-11-9-12-42-33(4)53(66-60(72)74-6)58(70)68(51)54(41)42/h15,17-23,25-28,31-33,40-42,49-54H,7-14,16,24,29-30H2,1-6H3,(H,61,63)(H,62,64)(H,65,71)(H,66,72)/t32-,33?,40+,41+,42?,49+,50+,51+,52-,53-,54-/m1/s1. The molecule has 4 aromatic carbocycles. The summed E-state index contributed by atoms with van der Waals surface area (Å²) in [7, 11) is 2.68. The molecular formula is C60H70N8O6. The number of aromatic nitrogens is 4. The zero-order valence-electron chi connectivity index (χ0n) is 43.6. The fraction of sp³-hybridized carbons (Fsp3) is 0.500. The van der Waals surface area contributed by atoms with Crippen molar-refractivity contribution in [3.63, 3.8) is 0 Å². The third kappa shape index (κ3) is 8.40. The number of aryl methyl sites for hydroxylation is 2. The number of piperidine rings is 1. The van der Waals surface area contributed by atoms with Crippen LogP contribution in [-0.4, -0.2) is 92.1 Å². The van der Waals surface area contributed by atoms with Crippen LogP contribution in [0.25, 0.3) is 44.3 Å². The van der Waals surface area contributed by atoms with E-state index in [1.807, 2.05) is 13.8 Å². The fourth-order valence-electron chi connectivity index (χ4n) is 14.7. The second kappa shape index (κ2) is 19.2. The number of ether oxygens (including phenoxy) is 2. The van der Waals surface area contributed by atoms with Crippen molar-refractivity contribution in [1.82, 2.24) is 40.4 Å². The molecule has 15 rings (SSSR count). The van der Waals surface area contributed by atoms with E-state index in [2.05, 4.69) is 117 Å². The average Bonchev–Trinajstić information content (AvgIpc) is 4.22. The molecule has 4 N–H and O–H groups in total. The fourth-order valence-corrected chi connectivity index (χ4v) is 14.7. The number of aromatic amines is 2. The van der Waals surface area contributed by atoms with Gasteiger partial charge in [-0.25, -0.2) is 19.6 Å². The van der Waals surface area contributed by atoms with Crippen molar-refractivity contribution in [2.24, 2.45) is 29.6 Å². The SMILES string of the molecule is COC(=O)N[C@@H](C(=O)N1[C@H](c2nc3ccc(-c4cc5ccc4CCc4ccc(c(-c6ccc7nc([C@@H]8C[C@@H]9CCCC%10C(C)[C@@H](NC(=O)OC)C(=O)N8[C@@H]%109)[nH]c7c6)c4)C[C@H]5C)cc3[nH]2)C[C@@H]2CCCC[C@@H]21)C(C)C. The number of methoxy groups -OCH3 is 2. The maximum atomic E-state index is 14.5. The van der Waals surface area contributed by atoms with Gasteiger partial charge in [-0.05, 0) is 162 Å². The molecule has 6 aromatic rings. The van der Waals surface area contributed by atoms with Crippen molar-refractivity contribution in [3.05, 3.63) is 107 Å². The van der Waals surface area contributed by atoms with E-state index in [0.717, 1.165) is 122 Å². The van der Waals surface area contributed by atoms with Crippen LogP contribution in [-0.2, 0) is 38.3 Å². The van der Waals surface area contributed by atoms with Gasteiger partial charge in [0, 0.05) is 12.1 Å². The summed E-state index contributed by atoms with van der Waals surface area (Å²) in [6.45, 7) is 8.36. The van der Waals surface area contributed by atoms with E-state index in [-0.39, 0.29) is 53.7 Å². The number of hydrogen-bond donors (Lipinski definition) is 4. The minimum atomic E-state index is -0.696. The van der Waals surface area contributed by atoms with Gasteiger partial charge in [0.1, 0.15) is 23.7 Å². The summed E-state index contributed by atoms with van der Waals surface area (Å²) in [5, 5.41) is 5.73. The molecule has 0 spiro atoms. The van der Waals surface area contributed by atoms with Crippen LogP contribution in [0.1, 0.15) is 137 Å². The van der Waals surface area contributed by atoms with E-state index in [1.165, 1.54) is 47.6 Å². The first-order valence-electron chi connectivity index (χ1n) is 27.4. The third-order valence-corrected chi connectivity index (χ3v) is 18.5. The lowest BCUT2D eigenvalue weighted by molar-refractivity contribution is -0.148. The summed E-state index contributed by atoms with van der Waals surface area (Å²) in [6, 6.07) is 25.7. The molecule has 2 unspecified atom stereocenters. The van der Waals surface area contributed by atoms with Crippen LogP contribution < -0.4 is 10.6 Å². The minimum absolute atomic E-state index is 0.0294. The van der Waals surface area contributed by atoms with Gasteiger partial charge < -0.3 is 39.9 Å². The van der Waals surface area contributed by atoms with Crippen LogP contribution in [0.15, 0.2) is 72.8 Å². The molecule has 4 amide bonds. The van der Waals surface area contributed by atoms with E-state index >= 15 is 0 Å². The number of fused-ring (bicyclic) bond motifs is 3. The maximum absolute atomic E-state index is 14.5. The molecule has 386 valence electrons. The number of nitrogens with one attached hydrogen (secondary N) is 4. The summed E-state index contributed by atoms with van der Waals surface area (Å²) in [4.78, 5) is 75.6. The number of H-pyrrole nitrogens is 2. The molecule has 4 bridgehead atoms. The van der Waals surface area contributed by atoms with Crippen LogP contribution in [0.5, 0.6) is 0 Å². The molecule has 5 heterocycles. The number of imidazole rings is 2. The van der Waals surface area contributed by atoms with Gasteiger partial charge >= 0.3 is 12.2 Å². The van der Waals surface area contributed by atoms with Gasteiger partial charge in [-0.1, -0.05) is 95.5 Å². The Morgan fingerprint density at radius 3 is 2.09 bits per heavy atom. The first-order valence-corrected chi connectivity index (χ1v) is 27.4. The van der Waals surface area contributed by atoms with Crippen LogP contribution >= 0.6 is 0 Å². The van der Waals surface area contributed by atoms with E-state index in [9.17, 15) is 19.2 Å². The van der Waals surface area contributed by atoms with Crippen molar-refractivity contribution in [2.45, 2.75) is 147 Å². The minimum Gasteiger partial charge on any atom is -0.453 e. The number of hydrogen-bond acceptors (Lipinski definition) is 8. The highest BCUT2D eigenvalue weighted by Gasteiger charge is 2.58. The lowest BCUT2D eigenvalue weighted by Gasteiger charge is -2.49. The van der Waals surface area contributed by atoms with Gasteiger partial charge in [-0.15, -0.1) is 0 Å². The highest BCUT2D eigenvalue weighted by atomic mass is 16.5. The summed E-state index contributed by atoms with van der Waals surface area (Å²) in [5.74, 6) is 2.78. The monoisotopic (exact) mass is 999 g/mol. The van der Waals surface area contributed by atoms with Gasteiger partial charge in [-0.2, -0.15) is 0 Å². The highest BCUT2D eigenvalue weighted by molar-refractivity contribution is 5.89. The van der Waals surface area contributed by atoms with Crippen LogP contribution in [0.4, 0.5) is 9.59 Å². The molecular weight excluding hydrogens is 929 g/mol. The van der Waals surface area contributed by atoms with Crippen LogP contribution in [0.2, 0.25) is 0 Å². The van der Waals surface area contributed by atoms with Crippen molar-refractivity contribution in [1.29, 1.82) is 0 Å². The summed E-state index contributed by atoms with van der Waals surface area (Å²) in [6.07, 6.45) is 10.7. The Hall–Kier alpha value is -6.70. The number of likely N-dealkylation sites (tertiary alicyclic amines) is 1. The topological polar surface area (TPSA) is 175 Å². The quantitative estimate of drug-likeness (QED) is 0.117. The normalized spacial score (nSPS) is 27.7. The van der Waals surface area contributed by atoms with Gasteiger partial charge in [0.15, 0.2) is 0 Å². The maximum Gasteiger partial charge on any atom is 0.407 e. The van der Waals surface area contributed by atoms with Crippen LogP contribution in [0, 0.1) is 29.6 Å². The smallest absolute Gasteiger partial charge is 0.407 e. The Balaban J connectivity index is 0.813. The van der Waals surface area contributed by atoms with E-state index in [4.69, 9.17) is 19.4 Å². The molecule has 3 saturated heterocycles. The molecule has 6 aliphatic carbocycles. The number of nitrogens with zero attached hydrogens (tertiary/aromatic N) is 4. The molecule has 14 heteroatoms. The van der Waals surface area contributed by atoms with E-state index < -0.39 is 24.3 Å². The molecule has 3 aliphatic heterocycles. The number of carbonyl (C=O) groups excluding carboxylic acids is 4. The Morgan fingerprint density at radius 1 is 0.716 bits per heavy atom. The molecule has 74 heavy (non-hydrogen) atoms. The molecule has 5 fully saturated rings. The lowest BCUT2D eigenvalue weighted by Crippen LogP contribution is -2.63. The summed E-state index contributed by atoms with van der Waals surface area (Å²) in [5.41, 5.74) is 13.5. The van der Waals surface area contributed by atoms with Gasteiger partial charge in [0.2, 0.25) is 11.8 Å². The molecule has 14 nitrogen and oxygen atoms in total. The Labute approximate surface area is 433 Å². The first-order chi connectivity index (χ1) is 35.8. The van der Waals surface area contributed by atoms with Crippen LogP contribution in [0.3, 0.4) is 0 Å². The van der Waals surface area contributed by atoms with E-state index in [0.29, 0.717) is 17.8 Å². The van der Waals surface area contributed by atoms with Gasteiger partial charge in [0.05, 0.1) is 48.4 Å². The highest BCUT2D eigenvalue weighted by Crippen LogP contribution is 2.53. The molecule has 11 atom stereocenters. The van der Waals surface area contributed by atoms with Crippen molar-refractivity contribution < 1.29 is 28.7 Å². The van der Waals surface area contributed by atoms with Crippen molar-refractivity contribution in [3.8, 4) is 22.3 Å². The molecule has 2 aromatic heterocycles. The Kier molecular flexibility index (Phi) is 12.5. The van der Waals surface area contributed by atoms with Crippen molar-refractivity contribution in [2.75, 3.05) is 14.2 Å². The molecule has 0 radical (unpaired) electrons. The Morgan fingerprint density at radius 2 is 1.38 bits per heavy atom. The van der Waals surface area contributed by atoms with Gasteiger partial charge in [0.25, 0.3) is 0 Å². The largest absolute Gasteiger partial charge is 0.453 e. The van der Waals surface area contributed by atoms with Crippen molar-refractivity contribution >= 4 is 46.1 Å². The van der Waals surface area contributed by atoms with E-state index in [1.54, 1.807) is 0 Å². The number of benzene rings is 4. The second-order valence-electron chi connectivity index (χ2n) is 23.0. The lowest BCUT2D eigenvalue weighted by atomic mass is 9.68. The third-order valence-electron chi connectivity index (χ3n) is 18.5. The number of alkyl carbamates (subject to hydrolysis) is 2. The number of carbonyl (C=O) groups is 4. The molecule has 2 saturated carbocycles. The number of rotatable bonds is 8. The predicted octanol–water partition coefficient (Wildman–Crippen LogP) is 10.9. The predicted molar refractivity (Wildman–Crippen MR) is 284 cm³/mol. The molecule has 9 aliphatic rings.